The number of fused-ring (bicyclic) bond motifs is 3. The molecule has 0 bridgehead atoms. The molecular formula is C22H22FNO4. The number of aliphatic carboxylic acids is 1. The molecule has 2 aliphatic carbocycles. The number of rotatable bonds is 7. The fourth-order valence-electron chi connectivity index (χ4n) is 4.09. The molecule has 1 amide bonds. The average molecular weight is 383 g/mol. The molecule has 0 spiro atoms. The maximum atomic E-state index is 12.6. The third kappa shape index (κ3) is 3.59. The van der Waals surface area contributed by atoms with Gasteiger partial charge >= 0.3 is 12.1 Å². The molecule has 6 heteroatoms. The number of alkyl carbamates (subject to hydrolysis) is 1. The highest BCUT2D eigenvalue weighted by atomic mass is 19.1. The Bertz CT molecular complexity index is 854. The molecule has 0 aromatic heterocycles. The molecule has 5 nitrogen and oxygen atoms in total. The monoisotopic (exact) mass is 383 g/mol. The van der Waals surface area contributed by atoms with E-state index in [0.29, 0.717) is 6.42 Å². The summed E-state index contributed by atoms with van der Waals surface area (Å²) in [7, 11) is 0. The van der Waals surface area contributed by atoms with Gasteiger partial charge in [-0.25, -0.2) is 9.59 Å². The number of ether oxygens (including phenoxy) is 1. The summed E-state index contributed by atoms with van der Waals surface area (Å²) in [6.45, 7) is -0.315. The standard InChI is InChI=1S/C22H22FNO4/c23-11-14-9-13(14)10-20(21(25)26)24-22(27)28-12-19-17-7-3-1-5-15(17)16-6-2-4-8-18(16)19/h1-8,13-14,19-20H,9-12H2,(H,24,27)(H,25,26). The van der Waals surface area contributed by atoms with E-state index in [1.54, 1.807) is 0 Å². The van der Waals surface area contributed by atoms with E-state index in [1.165, 1.54) is 0 Å². The summed E-state index contributed by atoms with van der Waals surface area (Å²) in [6, 6.07) is 14.9. The van der Waals surface area contributed by atoms with Gasteiger partial charge in [0.05, 0.1) is 6.67 Å². The molecule has 28 heavy (non-hydrogen) atoms. The van der Waals surface area contributed by atoms with E-state index in [0.717, 1.165) is 22.3 Å². The minimum absolute atomic E-state index is 0.0139. The minimum atomic E-state index is -1.13. The summed E-state index contributed by atoms with van der Waals surface area (Å²) in [5.41, 5.74) is 4.44. The first-order chi connectivity index (χ1) is 13.6. The Hall–Kier alpha value is -2.89. The second kappa shape index (κ2) is 7.62. The van der Waals surface area contributed by atoms with Crippen molar-refractivity contribution < 1.29 is 23.8 Å². The second-order valence-electron chi connectivity index (χ2n) is 7.51. The number of benzene rings is 2. The van der Waals surface area contributed by atoms with Crippen molar-refractivity contribution >= 4 is 12.1 Å². The highest BCUT2D eigenvalue weighted by Crippen LogP contribution is 2.44. The van der Waals surface area contributed by atoms with Gasteiger partial charge in [0.1, 0.15) is 12.6 Å². The number of carboxylic acid groups (broad SMARTS) is 1. The largest absolute Gasteiger partial charge is 0.480 e. The minimum Gasteiger partial charge on any atom is -0.480 e. The van der Waals surface area contributed by atoms with E-state index in [1.807, 2.05) is 48.5 Å². The highest BCUT2D eigenvalue weighted by Gasteiger charge is 2.40. The number of halogens is 1. The van der Waals surface area contributed by atoms with Crippen LogP contribution in [-0.4, -0.2) is 36.5 Å². The molecule has 2 aliphatic rings. The van der Waals surface area contributed by atoms with Gasteiger partial charge < -0.3 is 15.2 Å². The Morgan fingerprint density at radius 1 is 1.07 bits per heavy atom. The lowest BCUT2D eigenvalue weighted by Gasteiger charge is -2.17. The molecule has 2 aromatic carbocycles. The number of carbonyl (C=O) groups excluding carboxylic acids is 1. The van der Waals surface area contributed by atoms with Crippen molar-refractivity contribution in [2.24, 2.45) is 11.8 Å². The number of nitrogens with one attached hydrogen (secondary N) is 1. The third-order valence-electron chi connectivity index (χ3n) is 5.74. The summed E-state index contributed by atoms with van der Waals surface area (Å²) < 4.78 is 18.0. The molecule has 146 valence electrons. The van der Waals surface area contributed by atoms with Crippen molar-refractivity contribution in [1.29, 1.82) is 0 Å². The van der Waals surface area contributed by atoms with Crippen LogP contribution in [0.1, 0.15) is 29.9 Å². The molecule has 3 atom stereocenters. The molecule has 0 radical (unpaired) electrons. The van der Waals surface area contributed by atoms with Crippen molar-refractivity contribution in [3.8, 4) is 11.1 Å². The van der Waals surface area contributed by atoms with Gasteiger partial charge in [-0.1, -0.05) is 48.5 Å². The van der Waals surface area contributed by atoms with E-state index in [-0.39, 0.29) is 30.8 Å². The van der Waals surface area contributed by atoms with Crippen LogP contribution in [0.2, 0.25) is 0 Å². The number of amides is 1. The van der Waals surface area contributed by atoms with Crippen LogP contribution in [-0.2, 0) is 9.53 Å². The fraction of sp³-hybridized carbons (Fsp3) is 0.364. The van der Waals surface area contributed by atoms with Crippen molar-refractivity contribution in [1.82, 2.24) is 5.32 Å². The van der Waals surface area contributed by atoms with Gasteiger partial charge in [-0.2, -0.15) is 0 Å². The molecule has 1 fully saturated rings. The van der Waals surface area contributed by atoms with E-state index < -0.39 is 24.8 Å². The number of alkyl halides is 1. The van der Waals surface area contributed by atoms with Crippen LogP contribution in [0.25, 0.3) is 11.1 Å². The lowest BCUT2D eigenvalue weighted by atomic mass is 9.98. The molecule has 3 unspecified atom stereocenters. The quantitative estimate of drug-likeness (QED) is 0.759. The van der Waals surface area contributed by atoms with Crippen LogP contribution < -0.4 is 5.32 Å². The normalized spacial score (nSPS) is 20.8. The van der Waals surface area contributed by atoms with Gasteiger partial charge in [0, 0.05) is 5.92 Å². The van der Waals surface area contributed by atoms with Gasteiger partial charge in [0.25, 0.3) is 0 Å². The Labute approximate surface area is 162 Å². The predicted octanol–water partition coefficient (Wildman–Crippen LogP) is 3.97. The van der Waals surface area contributed by atoms with E-state index in [2.05, 4.69) is 5.32 Å². The van der Waals surface area contributed by atoms with E-state index in [4.69, 9.17) is 4.74 Å². The summed E-state index contributed by atoms with van der Waals surface area (Å²) in [4.78, 5) is 23.6. The van der Waals surface area contributed by atoms with E-state index >= 15 is 0 Å². The summed E-state index contributed by atoms with van der Waals surface area (Å²) >= 11 is 0. The third-order valence-corrected chi connectivity index (χ3v) is 5.74. The van der Waals surface area contributed by atoms with Gasteiger partial charge in [-0.3, -0.25) is 4.39 Å². The second-order valence-corrected chi connectivity index (χ2v) is 7.51. The maximum absolute atomic E-state index is 12.6. The SMILES string of the molecule is O=C(NC(CC1CC1CF)C(=O)O)OCC1c2ccccc2-c2ccccc21. The van der Waals surface area contributed by atoms with Crippen LogP contribution in [0.5, 0.6) is 0 Å². The first-order valence-electron chi connectivity index (χ1n) is 9.48. The maximum Gasteiger partial charge on any atom is 0.407 e. The molecular weight excluding hydrogens is 361 g/mol. The number of hydrogen-bond donors (Lipinski definition) is 2. The van der Waals surface area contributed by atoms with Crippen molar-refractivity contribution in [2.45, 2.75) is 24.8 Å². The molecule has 0 saturated heterocycles. The highest BCUT2D eigenvalue weighted by molar-refractivity contribution is 5.81. The predicted molar refractivity (Wildman–Crippen MR) is 102 cm³/mol. The van der Waals surface area contributed by atoms with Crippen LogP contribution in [0.4, 0.5) is 9.18 Å². The molecule has 2 aromatic rings. The zero-order chi connectivity index (χ0) is 19.7. The topological polar surface area (TPSA) is 75.6 Å². The number of carbonyl (C=O) groups is 2. The van der Waals surface area contributed by atoms with Crippen molar-refractivity contribution in [3.05, 3.63) is 59.7 Å². The molecule has 4 rings (SSSR count). The van der Waals surface area contributed by atoms with Crippen LogP contribution in [0.15, 0.2) is 48.5 Å². The Morgan fingerprint density at radius 3 is 2.21 bits per heavy atom. The van der Waals surface area contributed by atoms with Crippen LogP contribution in [0, 0.1) is 11.8 Å². The number of hydrogen-bond acceptors (Lipinski definition) is 3. The fourth-order valence-corrected chi connectivity index (χ4v) is 4.09. The van der Waals surface area contributed by atoms with Gasteiger partial charge in [-0.15, -0.1) is 0 Å². The number of carboxylic acids is 1. The van der Waals surface area contributed by atoms with Gasteiger partial charge in [0.15, 0.2) is 0 Å². The van der Waals surface area contributed by atoms with E-state index in [9.17, 15) is 19.1 Å². The lowest BCUT2D eigenvalue weighted by molar-refractivity contribution is -0.139. The smallest absolute Gasteiger partial charge is 0.407 e. The zero-order valence-electron chi connectivity index (χ0n) is 15.3. The average Bonchev–Trinajstić information content (AvgIpc) is 3.38. The Morgan fingerprint density at radius 2 is 1.68 bits per heavy atom. The molecule has 0 heterocycles. The zero-order valence-corrected chi connectivity index (χ0v) is 15.3. The van der Waals surface area contributed by atoms with Crippen LogP contribution in [0.3, 0.4) is 0 Å². The molecule has 1 saturated carbocycles. The van der Waals surface area contributed by atoms with Crippen LogP contribution >= 0.6 is 0 Å². The summed E-state index contributed by atoms with van der Waals surface area (Å²) in [5, 5.41) is 11.8. The van der Waals surface area contributed by atoms with Crippen molar-refractivity contribution in [3.63, 3.8) is 0 Å². The summed E-state index contributed by atoms with van der Waals surface area (Å²) in [6.07, 6.45) is 0.146. The van der Waals surface area contributed by atoms with Gasteiger partial charge in [-0.05, 0) is 46.9 Å². The molecule has 0 aliphatic heterocycles. The Kier molecular flexibility index (Phi) is 5.03. The van der Waals surface area contributed by atoms with Crippen molar-refractivity contribution in [2.75, 3.05) is 13.3 Å². The first-order valence-corrected chi connectivity index (χ1v) is 9.48. The Balaban J connectivity index is 1.40. The first kappa shape index (κ1) is 18.5. The van der Waals surface area contributed by atoms with Gasteiger partial charge in [0.2, 0.25) is 0 Å². The lowest BCUT2D eigenvalue weighted by Crippen LogP contribution is -2.41. The summed E-state index contributed by atoms with van der Waals surface area (Å²) in [5.74, 6) is -1.27. The molecule has 2 N–H and O–H groups in total.